The van der Waals surface area contributed by atoms with Gasteiger partial charge in [0.25, 0.3) is 0 Å². The van der Waals surface area contributed by atoms with Gasteiger partial charge in [-0.1, -0.05) is 25.0 Å². The number of rotatable bonds is 6. The van der Waals surface area contributed by atoms with Crippen LogP contribution in [0.15, 0.2) is 24.3 Å². The lowest BCUT2D eigenvalue weighted by Gasteiger charge is -2.35. The molecule has 0 radical (unpaired) electrons. The van der Waals surface area contributed by atoms with Gasteiger partial charge in [0.15, 0.2) is 0 Å². The number of ether oxygens (including phenoxy) is 1. The van der Waals surface area contributed by atoms with Crippen molar-refractivity contribution in [2.75, 3.05) is 26.2 Å². The molecule has 116 valence electrons. The van der Waals surface area contributed by atoms with Crippen LogP contribution in [0.3, 0.4) is 0 Å². The van der Waals surface area contributed by atoms with E-state index < -0.39 is 6.61 Å². The predicted molar refractivity (Wildman–Crippen MR) is 77.6 cm³/mol. The Morgan fingerprint density at radius 2 is 1.81 bits per heavy atom. The van der Waals surface area contributed by atoms with E-state index in [1.54, 1.807) is 12.1 Å². The molecule has 2 aliphatic rings. The van der Waals surface area contributed by atoms with Crippen LogP contribution in [0.2, 0.25) is 0 Å². The maximum absolute atomic E-state index is 12.2. The minimum Gasteiger partial charge on any atom is -0.435 e. The molecule has 1 aliphatic heterocycles. The molecule has 0 unspecified atom stereocenters. The van der Waals surface area contributed by atoms with E-state index in [4.69, 9.17) is 0 Å². The van der Waals surface area contributed by atoms with Crippen molar-refractivity contribution in [3.05, 3.63) is 29.8 Å². The van der Waals surface area contributed by atoms with Crippen LogP contribution in [0.5, 0.6) is 5.75 Å². The zero-order valence-corrected chi connectivity index (χ0v) is 12.1. The first kappa shape index (κ1) is 14.7. The molecule has 1 aromatic rings. The zero-order chi connectivity index (χ0) is 14.7. The summed E-state index contributed by atoms with van der Waals surface area (Å²) in [4.78, 5) is 2.51. The Morgan fingerprint density at radius 3 is 2.38 bits per heavy atom. The first-order valence-corrected chi connectivity index (χ1v) is 7.72. The molecule has 0 spiro atoms. The van der Waals surface area contributed by atoms with E-state index in [0.717, 1.165) is 32.1 Å². The fraction of sp³-hybridized carbons (Fsp3) is 0.625. The Balaban J connectivity index is 1.71. The number of hydrogen-bond acceptors (Lipinski definition) is 3. The lowest BCUT2D eigenvalue weighted by Crippen LogP contribution is -2.45. The molecular formula is C16H22F2N2O. The van der Waals surface area contributed by atoms with Gasteiger partial charge in [-0.05, 0) is 30.0 Å². The number of benzene rings is 1. The second-order valence-corrected chi connectivity index (χ2v) is 5.93. The third-order valence-electron chi connectivity index (χ3n) is 4.34. The van der Waals surface area contributed by atoms with E-state index in [-0.39, 0.29) is 5.75 Å². The quantitative estimate of drug-likeness (QED) is 0.873. The van der Waals surface area contributed by atoms with Gasteiger partial charge < -0.3 is 10.1 Å². The van der Waals surface area contributed by atoms with Crippen molar-refractivity contribution in [2.24, 2.45) is 5.92 Å². The summed E-state index contributed by atoms with van der Waals surface area (Å²) in [6.07, 6.45) is 3.83. The van der Waals surface area contributed by atoms with Crippen LogP contribution in [0.1, 0.15) is 30.9 Å². The van der Waals surface area contributed by atoms with Gasteiger partial charge in [0.05, 0.1) is 0 Å². The Kier molecular flexibility index (Phi) is 4.70. The number of hydrogen-bond donors (Lipinski definition) is 1. The normalized spacial score (nSPS) is 21.5. The zero-order valence-electron chi connectivity index (χ0n) is 12.1. The highest BCUT2D eigenvalue weighted by Crippen LogP contribution is 2.40. The largest absolute Gasteiger partial charge is 0.435 e. The van der Waals surface area contributed by atoms with E-state index in [0.29, 0.717) is 6.04 Å². The van der Waals surface area contributed by atoms with Gasteiger partial charge in [0, 0.05) is 32.2 Å². The fourth-order valence-corrected chi connectivity index (χ4v) is 3.03. The minimum atomic E-state index is -2.76. The molecule has 21 heavy (non-hydrogen) atoms. The topological polar surface area (TPSA) is 24.5 Å². The smallest absolute Gasteiger partial charge is 0.387 e. The molecule has 3 rings (SSSR count). The van der Waals surface area contributed by atoms with Gasteiger partial charge in [0.1, 0.15) is 5.75 Å². The summed E-state index contributed by atoms with van der Waals surface area (Å²) in [5.74, 6) is 1.07. The number of nitrogens with one attached hydrogen (secondary N) is 1. The van der Waals surface area contributed by atoms with Gasteiger partial charge >= 0.3 is 6.61 Å². The van der Waals surface area contributed by atoms with Crippen molar-refractivity contribution in [2.45, 2.75) is 31.9 Å². The summed E-state index contributed by atoms with van der Waals surface area (Å²) in [5, 5.41) is 3.38. The lowest BCUT2D eigenvalue weighted by molar-refractivity contribution is -0.0498. The van der Waals surface area contributed by atoms with Crippen LogP contribution in [0.4, 0.5) is 8.78 Å². The number of nitrogens with zero attached hydrogens (tertiary/aromatic N) is 1. The average Bonchev–Trinajstić information content (AvgIpc) is 3.30. The molecule has 1 aliphatic carbocycles. The van der Waals surface area contributed by atoms with Crippen LogP contribution in [0, 0.1) is 5.92 Å². The van der Waals surface area contributed by atoms with E-state index in [1.165, 1.54) is 24.8 Å². The maximum atomic E-state index is 12.2. The maximum Gasteiger partial charge on any atom is 0.387 e. The third-order valence-corrected chi connectivity index (χ3v) is 4.34. The Labute approximate surface area is 124 Å². The van der Waals surface area contributed by atoms with Crippen LogP contribution in [-0.2, 0) is 0 Å². The molecule has 3 nitrogen and oxygen atoms in total. The SMILES string of the molecule is FC(F)Oc1ccc([C@H](CC2CC2)N2CCNCC2)cc1. The highest BCUT2D eigenvalue weighted by atomic mass is 19.3. The molecular weight excluding hydrogens is 274 g/mol. The summed E-state index contributed by atoms with van der Waals surface area (Å²) in [6.45, 7) is 1.38. The molecule has 1 atom stereocenters. The van der Waals surface area contributed by atoms with Crippen molar-refractivity contribution < 1.29 is 13.5 Å². The predicted octanol–water partition coefficient (Wildman–Crippen LogP) is 3.03. The summed E-state index contributed by atoms with van der Waals surface area (Å²) in [6, 6.07) is 7.59. The van der Waals surface area contributed by atoms with Gasteiger partial charge in [-0.25, -0.2) is 0 Å². The highest BCUT2D eigenvalue weighted by Gasteiger charge is 2.30. The van der Waals surface area contributed by atoms with Crippen molar-refractivity contribution in [1.82, 2.24) is 10.2 Å². The van der Waals surface area contributed by atoms with Gasteiger partial charge in [-0.15, -0.1) is 0 Å². The number of piperazine rings is 1. The monoisotopic (exact) mass is 296 g/mol. The fourth-order valence-electron chi connectivity index (χ4n) is 3.03. The van der Waals surface area contributed by atoms with Crippen molar-refractivity contribution in [3.63, 3.8) is 0 Å². The molecule has 2 fully saturated rings. The van der Waals surface area contributed by atoms with Gasteiger partial charge in [-0.3, -0.25) is 4.90 Å². The Morgan fingerprint density at radius 1 is 1.14 bits per heavy atom. The van der Waals surface area contributed by atoms with Crippen LogP contribution in [0.25, 0.3) is 0 Å². The lowest BCUT2D eigenvalue weighted by atomic mass is 9.98. The van der Waals surface area contributed by atoms with Gasteiger partial charge in [0.2, 0.25) is 0 Å². The molecule has 1 saturated heterocycles. The van der Waals surface area contributed by atoms with Crippen LogP contribution >= 0.6 is 0 Å². The minimum absolute atomic E-state index is 0.235. The van der Waals surface area contributed by atoms with Crippen LogP contribution in [-0.4, -0.2) is 37.7 Å². The first-order chi connectivity index (χ1) is 10.2. The van der Waals surface area contributed by atoms with Crippen LogP contribution < -0.4 is 10.1 Å². The van der Waals surface area contributed by atoms with Crippen molar-refractivity contribution in [1.29, 1.82) is 0 Å². The van der Waals surface area contributed by atoms with E-state index in [1.807, 2.05) is 12.1 Å². The third kappa shape index (κ3) is 4.14. The Bertz CT molecular complexity index is 442. The van der Waals surface area contributed by atoms with Crippen molar-refractivity contribution in [3.8, 4) is 5.75 Å². The molecule has 1 heterocycles. The van der Waals surface area contributed by atoms with E-state index >= 15 is 0 Å². The molecule has 1 N–H and O–H groups in total. The Hall–Kier alpha value is -1.20. The van der Waals surface area contributed by atoms with Crippen molar-refractivity contribution >= 4 is 0 Å². The molecule has 0 aromatic heterocycles. The van der Waals surface area contributed by atoms with E-state index in [9.17, 15) is 8.78 Å². The second kappa shape index (κ2) is 6.71. The molecule has 1 aromatic carbocycles. The molecule has 0 bridgehead atoms. The number of alkyl halides is 2. The standard InChI is InChI=1S/C16H22F2N2O/c17-16(18)21-14-5-3-13(4-6-14)15(11-12-1-2-12)20-9-7-19-8-10-20/h3-6,12,15-16,19H,1-2,7-11H2/t15-/m0/s1. The summed E-state index contributed by atoms with van der Waals surface area (Å²) >= 11 is 0. The summed E-state index contributed by atoms with van der Waals surface area (Å²) in [5.41, 5.74) is 1.21. The summed E-state index contributed by atoms with van der Waals surface area (Å²) < 4.78 is 28.9. The average molecular weight is 296 g/mol. The second-order valence-electron chi connectivity index (χ2n) is 5.93. The number of halogens is 2. The highest BCUT2D eigenvalue weighted by molar-refractivity contribution is 5.29. The molecule has 0 amide bonds. The first-order valence-electron chi connectivity index (χ1n) is 7.72. The molecule has 5 heteroatoms. The summed E-state index contributed by atoms with van der Waals surface area (Å²) in [7, 11) is 0. The van der Waals surface area contributed by atoms with Gasteiger partial charge in [-0.2, -0.15) is 8.78 Å². The molecule has 1 saturated carbocycles. The van der Waals surface area contributed by atoms with E-state index in [2.05, 4.69) is 15.0 Å².